The third kappa shape index (κ3) is 1.43. The summed E-state index contributed by atoms with van der Waals surface area (Å²) in [7, 11) is 0. The van der Waals surface area contributed by atoms with E-state index >= 15 is 0 Å². The van der Waals surface area contributed by atoms with E-state index < -0.39 is 0 Å². The van der Waals surface area contributed by atoms with Crippen molar-refractivity contribution in [1.82, 2.24) is 14.9 Å². The van der Waals surface area contributed by atoms with Crippen molar-refractivity contribution in [3.63, 3.8) is 0 Å². The molecule has 1 unspecified atom stereocenters. The third-order valence-corrected chi connectivity index (χ3v) is 2.96. The van der Waals surface area contributed by atoms with Crippen LogP contribution in [-0.4, -0.2) is 35.0 Å². The smallest absolute Gasteiger partial charge is 0.296 e. The third-order valence-electron chi connectivity index (χ3n) is 2.96. The van der Waals surface area contributed by atoms with Crippen LogP contribution in [0.1, 0.15) is 18.0 Å². The quantitative estimate of drug-likeness (QED) is 0.700. The van der Waals surface area contributed by atoms with Gasteiger partial charge in [-0.25, -0.2) is 0 Å². The van der Waals surface area contributed by atoms with Crippen LogP contribution in [0.3, 0.4) is 0 Å². The molecule has 80 valence electrons. The van der Waals surface area contributed by atoms with Crippen LogP contribution in [0.4, 0.5) is 0 Å². The van der Waals surface area contributed by atoms with Crippen LogP contribution in [-0.2, 0) is 11.3 Å². The number of imidazole rings is 1. The summed E-state index contributed by atoms with van der Waals surface area (Å²) in [5, 5.41) is 3.22. The Morgan fingerprint density at radius 3 is 3.33 bits per heavy atom. The summed E-state index contributed by atoms with van der Waals surface area (Å²) in [4.78, 5) is 16.0. The van der Waals surface area contributed by atoms with Crippen molar-refractivity contribution in [2.45, 2.75) is 18.9 Å². The fraction of sp³-hybridized carbons (Fsp3) is 0.600. The first-order valence-electron chi connectivity index (χ1n) is 5.28. The Morgan fingerprint density at radius 2 is 2.53 bits per heavy atom. The van der Waals surface area contributed by atoms with E-state index in [2.05, 4.69) is 10.3 Å². The van der Waals surface area contributed by atoms with Gasteiger partial charge in [-0.2, -0.15) is 4.98 Å². The number of nitrogens with zero attached hydrogens (tertiary/aromatic N) is 2. The second kappa shape index (κ2) is 3.34. The Balaban J connectivity index is 1.88. The number of carbonyl (C=O) groups excluding carboxylic acids is 1. The van der Waals surface area contributed by atoms with E-state index in [9.17, 15) is 4.79 Å². The lowest BCUT2D eigenvalue weighted by molar-refractivity contribution is -0.121. The Morgan fingerprint density at radius 1 is 1.60 bits per heavy atom. The Bertz CT molecular complexity index is 378. The van der Waals surface area contributed by atoms with Gasteiger partial charge in [0.25, 0.3) is 6.01 Å². The van der Waals surface area contributed by atoms with Crippen LogP contribution < -0.4 is 10.1 Å². The van der Waals surface area contributed by atoms with Crippen LogP contribution in [0.15, 0.2) is 6.20 Å². The lowest BCUT2D eigenvalue weighted by Gasteiger charge is -2.19. The largest absolute Gasteiger partial charge is 0.463 e. The molecule has 0 radical (unpaired) electrons. The molecule has 5 nitrogen and oxygen atoms in total. The van der Waals surface area contributed by atoms with Gasteiger partial charge in [-0.3, -0.25) is 9.36 Å². The normalized spacial score (nSPS) is 25.1. The number of aromatic nitrogens is 2. The number of nitrogens with one attached hydrogen (secondary N) is 1. The number of rotatable bonds is 1. The van der Waals surface area contributed by atoms with E-state index in [1.165, 1.54) is 0 Å². The van der Waals surface area contributed by atoms with Gasteiger partial charge in [-0.15, -0.1) is 0 Å². The van der Waals surface area contributed by atoms with Gasteiger partial charge in [-0.05, 0) is 0 Å². The molecule has 5 heteroatoms. The minimum Gasteiger partial charge on any atom is -0.463 e. The number of ketones is 1. The first-order valence-corrected chi connectivity index (χ1v) is 5.28. The first kappa shape index (κ1) is 8.91. The Hall–Kier alpha value is -1.36. The van der Waals surface area contributed by atoms with Crippen molar-refractivity contribution in [2.24, 2.45) is 0 Å². The molecule has 15 heavy (non-hydrogen) atoms. The zero-order valence-electron chi connectivity index (χ0n) is 8.40. The second-order valence-electron chi connectivity index (χ2n) is 3.96. The summed E-state index contributed by atoms with van der Waals surface area (Å²) in [5.41, 5.74) is 0.849. The maximum absolute atomic E-state index is 11.7. The number of fused-ring (bicyclic) bond motifs is 1. The molecule has 2 aliphatic rings. The van der Waals surface area contributed by atoms with Crippen LogP contribution in [0.25, 0.3) is 0 Å². The predicted molar refractivity (Wildman–Crippen MR) is 53.0 cm³/mol. The molecule has 0 bridgehead atoms. The van der Waals surface area contributed by atoms with Crippen molar-refractivity contribution in [3.05, 3.63) is 11.9 Å². The molecule has 1 atom stereocenters. The molecule has 1 fully saturated rings. The van der Waals surface area contributed by atoms with E-state index in [4.69, 9.17) is 4.74 Å². The van der Waals surface area contributed by atoms with Crippen LogP contribution in [0.2, 0.25) is 0 Å². The number of hydrogen-bond acceptors (Lipinski definition) is 4. The van der Waals surface area contributed by atoms with E-state index in [1.807, 2.05) is 10.8 Å². The standard InChI is InChI=1S/C10H13N3O2/c14-9-1-2-11-5-7(9)8-6-13-3-4-15-10(13)12-8/h6-7,11H,1-5H2. The lowest BCUT2D eigenvalue weighted by atomic mass is 9.95. The molecule has 0 spiro atoms. The summed E-state index contributed by atoms with van der Waals surface area (Å²) in [6.45, 7) is 3.03. The maximum atomic E-state index is 11.7. The van der Waals surface area contributed by atoms with Crippen molar-refractivity contribution >= 4 is 5.78 Å². The van der Waals surface area contributed by atoms with Crippen LogP contribution in [0, 0.1) is 0 Å². The average Bonchev–Trinajstić information content (AvgIpc) is 2.77. The van der Waals surface area contributed by atoms with Crippen LogP contribution >= 0.6 is 0 Å². The predicted octanol–water partition coefficient (Wildman–Crippen LogP) is -0.0785. The minimum absolute atomic E-state index is 0.0829. The van der Waals surface area contributed by atoms with Gasteiger partial charge >= 0.3 is 0 Å². The molecule has 1 saturated heterocycles. The summed E-state index contributed by atoms with van der Waals surface area (Å²) in [6, 6.07) is 0.656. The zero-order valence-corrected chi connectivity index (χ0v) is 8.40. The fourth-order valence-electron chi connectivity index (χ4n) is 2.11. The van der Waals surface area contributed by atoms with Crippen LogP contribution in [0.5, 0.6) is 6.01 Å². The molecule has 0 amide bonds. The Kier molecular flexibility index (Phi) is 1.98. The van der Waals surface area contributed by atoms with Crippen molar-refractivity contribution in [1.29, 1.82) is 0 Å². The molecule has 2 aliphatic heterocycles. The molecule has 3 heterocycles. The van der Waals surface area contributed by atoms with Crippen molar-refractivity contribution < 1.29 is 9.53 Å². The number of ether oxygens (including phenoxy) is 1. The van der Waals surface area contributed by atoms with E-state index in [0.717, 1.165) is 18.8 Å². The molecule has 0 aliphatic carbocycles. The molecule has 1 aromatic rings. The summed E-state index contributed by atoms with van der Waals surface area (Å²) >= 11 is 0. The topological polar surface area (TPSA) is 56.2 Å². The summed E-state index contributed by atoms with van der Waals surface area (Å²) in [5.74, 6) is 0.200. The SMILES string of the molecule is O=C1CCNCC1c1cn2c(n1)OCC2. The molecule has 0 aromatic carbocycles. The van der Waals surface area contributed by atoms with Gasteiger partial charge in [0.05, 0.1) is 18.2 Å². The minimum atomic E-state index is -0.0829. The summed E-state index contributed by atoms with van der Waals surface area (Å²) in [6.07, 6.45) is 2.55. The highest BCUT2D eigenvalue weighted by molar-refractivity contribution is 5.86. The van der Waals surface area contributed by atoms with Gasteiger partial charge in [0.1, 0.15) is 12.4 Å². The average molecular weight is 207 g/mol. The Labute approximate surface area is 87.4 Å². The molecule has 0 saturated carbocycles. The number of hydrogen-bond donors (Lipinski definition) is 1. The highest BCUT2D eigenvalue weighted by Gasteiger charge is 2.28. The number of carbonyl (C=O) groups is 1. The van der Waals surface area contributed by atoms with Gasteiger partial charge in [0, 0.05) is 25.7 Å². The van der Waals surface area contributed by atoms with Gasteiger partial charge in [0.15, 0.2) is 0 Å². The molecule has 1 aromatic heterocycles. The molecular weight excluding hydrogens is 194 g/mol. The van der Waals surface area contributed by atoms with Crippen molar-refractivity contribution in [3.8, 4) is 6.01 Å². The molecule has 3 rings (SSSR count). The van der Waals surface area contributed by atoms with Gasteiger partial charge < -0.3 is 10.1 Å². The maximum Gasteiger partial charge on any atom is 0.296 e. The second-order valence-corrected chi connectivity index (χ2v) is 3.96. The summed E-state index contributed by atoms with van der Waals surface area (Å²) < 4.78 is 7.29. The van der Waals surface area contributed by atoms with E-state index in [0.29, 0.717) is 25.6 Å². The number of piperidine rings is 1. The monoisotopic (exact) mass is 207 g/mol. The lowest BCUT2D eigenvalue weighted by Crippen LogP contribution is -2.35. The van der Waals surface area contributed by atoms with Crippen molar-refractivity contribution in [2.75, 3.05) is 19.7 Å². The number of Topliss-reactive ketones (excluding diaryl/α,β-unsaturated/α-hetero) is 1. The van der Waals surface area contributed by atoms with E-state index in [1.54, 1.807) is 0 Å². The molecule has 1 N–H and O–H groups in total. The first-order chi connectivity index (χ1) is 7.34. The molecular formula is C10H13N3O2. The highest BCUT2D eigenvalue weighted by atomic mass is 16.5. The van der Waals surface area contributed by atoms with Gasteiger partial charge in [0.2, 0.25) is 0 Å². The highest BCUT2D eigenvalue weighted by Crippen LogP contribution is 2.24. The fourth-order valence-corrected chi connectivity index (χ4v) is 2.11. The zero-order chi connectivity index (χ0) is 10.3. The van der Waals surface area contributed by atoms with Gasteiger partial charge in [-0.1, -0.05) is 0 Å². The van der Waals surface area contributed by atoms with E-state index in [-0.39, 0.29) is 11.7 Å².